The van der Waals surface area contributed by atoms with Crippen molar-refractivity contribution in [3.8, 4) is 17.2 Å². The zero-order valence-electron chi connectivity index (χ0n) is 21.8. The first-order valence-electron chi connectivity index (χ1n) is 12.8. The summed E-state index contributed by atoms with van der Waals surface area (Å²) in [5.74, 6) is 0.543. The number of benzene rings is 3. The molecule has 1 unspecified atom stereocenters. The van der Waals surface area contributed by atoms with Crippen LogP contribution in [-0.2, 0) is 22.6 Å². The monoisotopic (exact) mass is 513 g/mol. The van der Waals surface area contributed by atoms with Gasteiger partial charge in [-0.25, -0.2) is 0 Å². The fourth-order valence-electron chi connectivity index (χ4n) is 5.02. The van der Waals surface area contributed by atoms with E-state index in [0.29, 0.717) is 29.2 Å². The Labute approximate surface area is 222 Å². The molecule has 0 aromatic heterocycles. The molecule has 1 amide bonds. The van der Waals surface area contributed by atoms with Gasteiger partial charge < -0.3 is 24.2 Å². The smallest absolute Gasteiger partial charge is 0.295 e. The van der Waals surface area contributed by atoms with Crippen LogP contribution in [-0.4, -0.2) is 41.5 Å². The Morgan fingerprint density at radius 1 is 1.05 bits per heavy atom. The second kappa shape index (κ2) is 10.6. The maximum atomic E-state index is 13.4. The van der Waals surface area contributed by atoms with Crippen LogP contribution in [0.3, 0.4) is 0 Å². The second-order valence-electron chi connectivity index (χ2n) is 9.79. The van der Waals surface area contributed by atoms with Gasteiger partial charge in [0.05, 0.1) is 31.4 Å². The molecule has 0 spiro atoms. The van der Waals surface area contributed by atoms with Crippen molar-refractivity contribution in [1.29, 1.82) is 0 Å². The molecule has 5 rings (SSSR count). The van der Waals surface area contributed by atoms with Gasteiger partial charge in [-0.15, -0.1) is 0 Å². The number of ether oxygens (including phenoxy) is 3. The molecular formula is C31H31NO6. The summed E-state index contributed by atoms with van der Waals surface area (Å²) in [6.07, 6.45) is 1.71. The van der Waals surface area contributed by atoms with Crippen LogP contribution in [0.1, 0.15) is 48.6 Å². The fraction of sp³-hybridized carbons (Fsp3) is 0.290. The SMILES string of the molecule is COc1cccc(CN2C(=O)C(=O)/C(=C(\O)c3ccc4c(c3)CCCO4)C2c2ccc(OC(C)C)cc2)c1. The van der Waals surface area contributed by atoms with Gasteiger partial charge in [0.2, 0.25) is 0 Å². The van der Waals surface area contributed by atoms with Crippen LogP contribution >= 0.6 is 0 Å². The highest BCUT2D eigenvalue weighted by molar-refractivity contribution is 6.46. The van der Waals surface area contributed by atoms with Crippen molar-refractivity contribution in [3.05, 3.63) is 94.6 Å². The molecule has 1 fully saturated rings. The Morgan fingerprint density at radius 3 is 2.58 bits per heavy atom. The molecule has 7 heteroatoms. The molecule has 1 saturated heterocycles. The van der Waals surface area contributed by atoms with Crippen LogP contribution in [0.4, 0.5) is 0 Å². The number of fused-ring (bicyclic) bond motifs is 1. The lowest BCUT2D eigenvalue weighted by Gasteiger charge is -2.26. The summed E-state index contributed by atoms with van der Waals surface area (Å²) in [6.45, 7) is 4.72. The Kier molecular flexibility index (Phi) is 7.09. The molecule has 3 aromatic rings. The highest BCUT2D eigenvalue weighted by Gasteiger charge is 2.46. The number of methoxy groups -OCH3 is 1. The zero-order valence-corrected chi connectivity index (χ0v) is 21.8. The summed E-state index contributed by atoms with van der Waals surface area (Å²) in [5.41, 5.74) is 3.02. The molecule has 2 heterocycles. The minimum Gasteiger partial charge on any atom is -0.507 e. The number of ketones is 1. The lowest BCUT2D eigenvalue weighted by molar-refractivity contribution is -0.140. The highest BCUT2D eigenvalue weighted by atomic mass is 16.5. The van der Waals surface area contributed by atoms with Crippen LogP contribution in [0.15, 0.2) is 72.3 Å². The molecule has 7 nitrogen and oxygen atoms in total. The number of aliphatic hydroxyl groups is 1. The molecule has 3 aromatic carbocycles. The van der Waals surface area contributed by atoms with Crippen LogP contribution in [0.25, 0.3) is 5.76 Å². The molecule has 196 valence electrons. The molecule has 2 aliphatic heterocycles. The van der Waals surface area contributed by atoms with E-state index in [0.717, 1.165) is 29.7 Å². The highest BCUT2D eigenvalue weighted by Crippen LogP contribution is 2.41. The molecule has 0 aliphatic carbocycles. The van der Waals surface area contributed by atoms with Crippen molar-refractivity contribution in [3.63, 3.8) is 0 Å². The quantitative estimate of drug-likeness (QED) is 0.258. The Morgan fingerprint density at radius 2 is 1.84 bits per heavy atom. The van der Waals surface area contributed by atoms with Crippen molar-refractivity contribution in [2.45, 2.75) is 45.4 Å². The van der Waals surface area contributed by atoms with Crippen molar-refractivity contribution in [1.82, 2.24) is 4.90 Å². The average Bonchev–Trinajstić information content (AvgIpc) is 3.17. The van der Waals surface area contributed by atoms with Crippen LogP contribution < -0.4 is 14.2 Å². The molecule has 0 saturated carbocycles. The van der Waals surface area contributed by atoms with Gasteiger partial charge in [0.15, 0.2) is 0 Å². The number of likely N-dealkylation sites (tertiary alicyclic amines) is 1. The Bertz CT molecular complexity index is 1390. The lowest BCUT2D eigenvalue weighted by Crippen LogP contribution is -2.29. The summed E-state index contributed by atoms with van der Waals surface area (Å²) in [7, 11) is 1.58. The van der Waals surface area contributed by atoms with E-state index in [2.05, 4.69) is 0 Å². The number of rotatable bonds is 7. The van der Waals surface area contributed by atoms with Crippen molar-refractivity contribution in [2.24, 2.45) is 0 Å². The first kappa shape index (κ1) is 25.4. The van der Waals surface area contributed by atoms with Gasteiger partial charge in [-0.1, -0.05) is 24.3 Å². The molecule has 38 heavy (non-hydrogen) atoms. The first-order chi connectivity index (χ1) is 18.4. The summed E-state index contributed by atoms with van der Waals surface area (Å²) in [4.78, 5) is 28.3. The van der Waals surface area contributed by atoms with E-state index >= 15 is 0 Å². The number of aliphatic hydroxyl groups excluding tert-OH is 1. The maximum Gasteiger partial charge on any atom is 0.295 e. The van der Waals surface area contributed by atoms with E-state index in [1.54, 1.807) is 13.2 Å². The molecule has 0 radical (unpaired) electrons. The molecule has 0 bridgehead atoms. The molecule has 1 atom stereocenters. The number of Topliss-reactive ketones (excluding diaryl/α,β-unsaturated/α-hetero) is 1. The van der Waals surface area contributed by atoms with Gasteiger partial charge in [0.1, 0.15) is 23.0 Å². The van der Waals surface area contributed by atoms with Gasteiger partial charge in [0.25, 0.3) is 11.7 Å². The molecule has 1 N–H and O–H groups in total. The predicted molar refractivity (Wildman–Crippen MR) is 143 cm³/mol. The summed E-state index contributed by atoms with van der Waals surface area (Å²) < 4.78 is 16.8. The number of hydrogen-bond acceptors (Lipinski definition) is 6. The van der Waals surface area contributed by atoms with Gasteiger partial charge in [-0.2, -0.15) is 0 Å². The van der Waals surface area contributed by atoms with Crippen molar-refractivity contribution < 1.29 is 28.9 Å². The number of carbonyl (C=O) groups is 2. The van der Waals surface area contributed by atoms with Crippen LogP contribution in [0, 0.1) is 0 Å². The van der Waals surface area contributed by atoms with Gasteiger partial charge in [-0.3, -0.25) is 9.59 Å². The normalized spacial score (nSPS) is 18.3. The topological polar surface area (TPSA) is 85.3 Å². The number of hydrogen-bond donors (Lipinski definition) is 1. The summed E-state index contributed by atoms with van der Waals surface area (Å²) in [6, 6.07) is 19.3. The number of carbonyl (C=O) groups excluding carboxylic acids is 2. The fourth-order valence-corrected chi connectivity index (χ4v) is 5.02. The standard InChI is InChI=1S/C31H31NO6/c1-19(2)38-24-12-9-21(10-13-24)28-27(29(33)23-11-14-26-22(17-23)7-5-15-37-26)30(34)31(35)32(28)18-20-6-4-8-25(16-20)36-3/h4,6,8-14,16-17,19,28,33H,5,7,15,18H2,1-3H3/b29-27-. The number of nitrogens with zero attached hydrogens (tertiary/aromatic N) is 1. The first-order valence-corrected chi connectivity index (χ1v) is 12.8. The number of aryl methyl sites for hydroxylation is 1. The van der Waals surface area contributed by atoms with Gasteiger partial charge in [-0.05, 0) is 85.8 Å². The van der Waals surface area contributed by atoms with E-state index in [-0.39, 0.29) is 24.0 Å². The third kappa shape index (κ3) is 4.96. The van der Waals surface area contributed by atoms with E-state index in [4.69, 9.17) is 14.2 Å². The van der Waals surface area contributed by atoms with Crippen molar-refractivity contribution >= 4 is 17.4 Å². The average molecular weight is 514 g/mol. The lowest BCUT2D eigenvalue weighted by atomic mass is 9.94. The summed E-state index contributed by atoms with van der Waals surface area (Å²) in [5, 5.41) is 11.5. The predicted octanol–water partition coefficient (Wildman–Crippen LogP) is 5.43. The molecular weight excluding hydrogens is 482 g/mol. The summed E-state index contributed by atoms with van der Waals surface area (Å²) >= 11 is 0. The van der Waals surface area contributed by atoms with Crippen molar-refractivity contribution in [2.75, 3.05) is 13.7 Å². The number of amides is 1. The molecule has 2 aliphatic rings. The zero-order chi connectivity index (χ0) is 26.8. The van der Waals surface area contributed by atoms with Crippen LogP contribution in [0.5, 0.6) is 17.2 Å². The van der Waals surface area contributed by atoms with Crippen LogP contribution in [0.2, 0.25) is 0 Å². The van der Waals surface area contributed by atoms with Gasteiger partial charge >= 0.3 is 0 Å². The second-order valence-corrected chi connectivity index (χ2v) is 9.79. The maximum absolute atomic E-state index is 13.4. The van der Waals surface area contributed by atoms with E-state index in [1.807, 2.05) is 74.5 Å². The van der Waals surface area contributed by atoms with E-state index in [9.17, 15) is 14.7 Å². The van der Waals surface area contributed by atoms with E-state index in [1.165, 1.54) is 4.90 Å². The third-order valence-corrected chi connectivity index (χ3v) is 6.78. The van der Waals surface area contributed by atoms with E-state index < -0.39 is 17.7 Å². The Balaban J connectivity index is 1.60. The minimum absolute atomic E-state index is 0.00698. The largest absolute Gasteiger partial charge is 0.507 e. The van der Waals surface area contributed by atoms with Gasteiger partial charge in [0, 0.05) is 12.1 Å². The minimum atomic E-state index is -0.776. The third-order valence-electron chi connectivity index (χ3n) is 6.78. The Hall–Kier alpha value is -4.26.